The molecule has 160 valence electrons. The smallest absolute Gasteiger partial charge is 0.306 e. The Morgan fingerprint density at radius 2 is 2.13 bits per heavy atom. The van der Waals surface area contributed by atoms with Crippen molar-refractivity contribution < 1.29 is 17.4 Å². The van der Waals surface area contributed by atoms with Gasteiger partial charge in [0, 0.05) is 35.6 Å². The van der Waals surface area contributed by atoms with Crippen LogP contribution in [-0.2, 0) is 14.9 Å². The summed E-state index contributed by atoms with van der Waals surface area (Å²) in [5, 5.41) is 10.3. The van der Waals surface area contributed by atoms with E-state index < -0.39 is 10.1 Å². The molecule has 8 heteroatoms. The van der Waals surface area contributed by atoms with Gasteiger partial charge in [-0.25, -0.2) is 0 Å². The number of hydrogen-bond acceptors (Lipinski definition) is 5. The molecule has 1 aromatic heterocycles. The number of fused-ring (bicyclic) bond motifs is 3. The topological polar surface area (TPSA) is 103 Å². The molecule has 3 fully saturated rings. The average Bonchev–Trinajstić information content (AvgIpc) is 3.08. The van der Waals surface area contributed by atoms with E-state index in [1.165, 1.54) is 0 Å². The van der Waals surface area contributed by atoms with Gasteiger partial charge in [-0.15, -0.1) is 0 Å². The molecule has 2 bridgehead atoms. The van der Waals surface area contributed by atoms with E-state index in [1.807, 2.05) is 18.0 Å². The highest BCUT2D eigenvalue weighted by Crippen LogP contribution is 2.53. The number of benzene rings is 1. The molecule has 3 aliphatic rings. The summed E-state index contributed by atoms with van der Waals surface area (Å²) in [5.41, 5.74) is 1.61. The molecule has 5 rings (SSSR count). The average molecular weight is 430 g/mol. The molecule has 3 heterocycles. The third-order valence-electron chi connectivity index (χ3n) is 6.61. The van der Waals surface area contributed by atoms with E-state index in [-0.39, 0.29) is 35.1 Å². The third kappa shape index (κ3) is 3.67. The fourth-order valence-corrected chi connectivity index (χ4v) is 5.62. The van der Waals surface area contributed by atoms with Gasteiger partial charge in [0.15, 0.2) is 0 Å². The second-order valence-electron chi connectivity index (χ2n) is 8.87. The number of carbonyl (C=O) groups is 1. The van der Waals surface area contributed by atoms with E-state index in [2.05, 4.69) is 18.0 Å². The van der Waals surface area contributed by atoms with Crippen molar-refractivity contribution in [1.29, 1.82) is 5.26 Å². The zero-order valence-corrected chi connectivity index (χ0v) is 18.3. The van der Waals surface area contributed by atoms with Crippen LogP contribution in [0.2, 0.25) is 0 Å². The Bertz CT molecular complexity index is 1120. The SMILES string of the molecule is CCC1CC2(C#N)CC(C2)N1C(=O)CC(C)c1c[nH]c2ccc(OS(C)(=O)=O)cc12. The van der Waals surface area contributed by atoms with Crippen LogP contribution in [0.3, 0.4) is 0 Å². The van der Waals surface area contributed by atoms with Crippen molar-refractivity contribution in [2.75, 3.05) is 6.26 Å². The maximum Gasteiger partial charge on any atom is 0.306 e. The fraction of sp³-hybridized carbons (Fsp3) is 0.545. The molecule has 30 heavy (non-hydrogen) atoms. The molecule has 1 aliphatic carbocycles. The van der Waals surface area contributed by atoms with Crippen molar-refractivity contribution in [1.82, 2.24) is 9.88 Å². The molecule has 1 aromatic carbocycles. The summed E-state index contributed by atoms with van der Waals surface area (Å²) in [6.07, 6.45) is 6.48. The number of piperidine rings is 2. The van der Waals surface area contributed by atoms with E-state index >= 15 is 0 Å². The van der Waals surface area contributed by atoms with Gasteiger partial charge in [0.2, 0.25) is 5.91 Å². The van der Waals surface area contributed by atoms with Crippen LogP contribution in [-0.4, -0.2) is 42.5 Å². The molecule has 0 spiro atoms. The first kappa shape index (κ1) is 20.7. The summed E-state index contributed by atoms with van der Waals surface area (Å²) in [4.78, 5) is 18.4. The number of nitriles is 1. The maximum atomic E-state index is 13.2. The van der Waals surface area contributed by atoms with Crippen molar-refractivity contribution in [2.24, 2.45) is 5.41 Å². The minimum atomic E-state index is -3.61. The molecule has 2 unspecified atom stereocenters. The van der Waals surface area contributed by atoms with E-state index in [1.54, 1.807) is 18.2 Å². The highest BCUT2D eigenvalue weighted by atomic mass is 32.2. The Morgan fingerprint density at radius 1 is 1.40 bits per heavy atom. The van der Waals surface area contributed by atoms with Crippen molar-refractivity contribution in [3.63, 3.8) is 0 Å². The van der Waals surface area contributed by atoms with Crippen LogP contribution < -0.4 is 4.18 Å². The van der Waals surface area contributed by atoms with Gasteiger partial charge in [0.05, 0.1) is 17.7 Å². The number of H-pyrrole nitrogens is 1. The molecule has 1 amide bonds. The second-order valence-corrected chi connectivity index (χ2v) is 10.4. The van der Waals surface area contributed by atoms with Crippen LogP contribution in [0.15, 0.2) is 24.4 Å². The summed E-state index contributed by atoms with van der Waals surface area (Å²) in [6.45, 7) is 4.09. The molecule has 1 N–H and O–H groups in total. The summed E-state index contributed by atoms with van der Waals surface area (Å²) in [6, 6.07) is 7.88. The lowest BCUT2D eigenvalue weighted by atomic mass is 9.58. The second kappa shape index (κ2) is 7.31. The zero-order valence-electron chi connectivity index (χ0n) is 17.5. The first-order valence-corrected chi connectivity index (χ1v) is 12.2. The lowest BCUT2D eigenvalue weighted by Gasteiger charge is -2.58. The standard InChI is InChI=1S/C22H27N3O4S/c1-4-15-9-22(13-23)10-16(11-22)25(15)21(26)7-14(2)19-12-24-20-6-5-17(8-18(19)20)29-30(3,27)28/h5-6,8,12,14-16,24H,4,7,9-11H2,1-3H3. The Hall–Kier alpha value is -2.53. The van der Waals surface area contributed by atoms with Gasteiger partial charge in [0.1, 0.15) is 5.75 Å². The zero-order chi connectivity index (χ0) is 21.7. The van der Waals surface area contributed by atoms with Crippen LogP contribution in [0.1, 0.15) is 57.4 Å². The highest BCUT2D eigenvalue weighted by molar-refractivity contribution is 7.86. The van der Waals surface area contributed by atoms with E-state index in [9.17, 15) is 18.5 Å². The Labute approximate surface area is 177 Å². The van der Waals surface area contributed by atoms with Gasteiger partial charge in [-0.2, -0.15) is 13.7 Å². The normalized spacial score (nSPS) is 26.7. The Kier molecular flexibility index (Phi) is 5.05. The number of nitrogens with one attached hydrogen (secondary N) is 1. The van der Waals surface area contributed by atoms with Gasteiger partial charge in [-0.1, -0.05) is 13.8 Å². The Balaban J connectivity index is 1.53. The number of aromatic amines is 1. The highest BCUT2D eigenvalue weighted by Gasteiger charge is 2.55. The minimum Gasteiger partial charge on any atom is -0.383 e. The van der Waals surface area contributed by atoms with Crippen molar-refractivity contribution >= 4 is 26.9 Å². The Morgan fingerprint density at radius 3 is 2.77 bits per heavy atom. The quantitative estimate of drug-likeness (QED) is 0.706. The van der Waals surface area contributed by atoms with E-state index in [0.29, 0.717) is 6.42 Å². The fourth-order valence-electron chi connectivity index (χ4n) is 5.17. The molecule has 2 atom stereocenters. The van der Waals surface area contributed by atoms with E-state index in [0.717, 1.165) is 48.4 Å². The first-order chi connectivity index (χ1) is 14.1. The number of hydrogen-bond donors (Lipinski definition) is 1. The first-order valence-electron chi connectivity index (χ1n) is 10.4. The summed E-state index contributed by atoms with van der Waals surface area (Å²) < 4.78 is 27.9. The maximum absolute atomic E-state index is 13.2. The molecular weight excluding hydrogens is 402 g/mol. The summed E-state index contributed by atoms with van der Waals surface area (Å²) in [7, 11) is -3.61. The van der Waals surface area contributed by atoms with Crippen LogP contribution in [0.5, 0.6) is 5.75 Å². The number of nitrogens with zero attached hydrogens (tertiary/aromatic N) is 2. The molecule has 2 saturated heterocycles. The lowest BCUT2D eigenvalue weighted by Crippen LogP contribution is -2.63. The van der Waals surface area contributed by atoms with Crippen molar-refractivity contribution in [2.45, 2.75) is 64.0 Å². The van der Waals surface area contributed by atoms with Crippen LogP contribution in [0.25, 0.3) is 10.9 Å². The van der Waals surface area contributed by atoms with Gasteiger partial charge < -0.3 is 14.1 Å². The van der Waals surface area contributed by atoms with Crippen molar-refractivity contribution in [3.8, 4) is 11.8 Å². The number of amides is 1. The minimum absolute atomic E-state index is 0.0417. The van der Waals surface area contributed by atoms with Crippen LogP contribution >= 0.6 is 0 Å². The van der Waals surface area contributed by atoms with Crippen LogP contribution in [0.4, 0.5) is 0 Å². The monoisotopic (exact) mass is 429 g/mol. The molecular formula is C22H27N3O4S. The molecule has 0 radical (unpaired) electrons. The van der Waals surface area contributed by atoms with Crippen LogP contribution in [0, 0.1) is 16.7 Å². The predicted molar refractivity (Wildman–Crippen MR) is 113 cm³/mol. The molecule has 2 aliphatic heterocycles. The van der Waals surface area contributed by atoms with E-state index in [4.69, 9.17) is 4.18 Å². The molecule has 2 aromatic rings. The molecule has 7 nitrogen and oxygen atoms in total. The number of rotatable bonds is 6. The van der Waals surface area contributed by atoms with Gasteiger partial charge in [0.25, 0.3) is 0 Å². The van der Waals surface area contributed by atoms with Gasteiger partial charge in [-0.3, -0.25) is 4.79 Å². The lowest BCUT2D eigenvalue weighted by molar-refractivity contribution is -0.152. The summed E-state index contributed by atoms with van der Waals surface area (Å²) >= 11 is 0. The third-order valence-corrected chi connectivity index (χ3v) is 7.10. The molecule has 1 saturated carbocycles. The van der Waals surface area contributed by atoms with Crippen molar-refractivity contribution in [3.05, 3.63) is 30.0 Å². The van der Waals surface area contributed by atoms with Gasteiger partial charge >= 0.3 is 10.1 Å². The largest absolute Gasteiger partial charge is 0.383 e. The number of carbonyl (C=O) groups excluding carboxylic acids is 1. The summed E-state index contributed by atoms with van der Waals surface area (Å²) in [5.74, 6) is 0.345. The van der Waals surface area contributed by atoms with Gasteiger partial charge in [-0.05, 0) is 55.4 Å². The predicted octanol–water partition coefficient (Wildman–Crippen LogP) is 3.68. The number of aromatic nitrogens is 1.